The molecule has 0 fully saturated rings. The third-order valence-electron chi connectivity index (χ3n) is 4.50. The zero-order chi connectivity index (χ0) is 20.4. The van der Waals surface area contributed by atoms with E-state index in [0.29, 0.717) is 18.1 Å². The molecule has 0 saturated carbocycles. The molecular weight excluding hydrogens is 352 g/mol. The zero-order valence-electron chi connectivity index (χ0n) is 17.2. The van der Waals surface area contributed by atoms with E-state index in [2.05, 4.69) is 53.1 Å². The Hall–Kier alpha value is -2.87. The largest absolute Gasteiger partial charge is 0.397 e. The van der Waals surface area contributed by atoms with Gasteiger partial charge in [-0.25, -0.2) is 0 Å². The summed E-state index contributed by atoms with van der Waals surface area (Å²) in [5.74, 6) is 1.58. The fourth-order valence-electron chi connectivity index (χ4n) is 3.13. The molecule has 8 nitrogen and oxygen atoms in total. The molecule has 28 heavy (non-hydrogen) atoms. The molecular formula is C20H30N8. The van der Waals surface area contributed by atoms with Crippen molar-refractivity contribution in [1.82, 2.24) is 19.7 Å². The van der Waals surface area contributed by atoms with Crippen LogP contribution < -0.4 is 22.1 Å². The van der Waals surface area contributed by atoms with E-state index in [1.54, 1.807) is 0 Å². The Balaban J connectivity index is 2.19. The van der Waals surface area contributed by atoms with Gasteiger partial charge in [0.15, 0.2) is 11.5 Å². The quantitative estimate of drug-likeness (QED) is 0.461. The van der Waals surface area contributed by atoms with Crippen molar-refractivity contribution in [2.45, 2.75) is 52.6 Å². The van der Waals surface area contributed by atoms with Crippen LogP contribution in [0.4, 0.5) is 23.1 Å². The lowest BCUT2D eigenvalue weighted by atomic mass is 10.1. The van der Waals surface area contributed by atoms with Crippen molar-refractivity contribution in [1.29, 1.82) is 0 Å². The van der Waals surface area contributed by atoms with Gasteiger partial charge in [-0.3, -0.25) is 0 Å². The topological polar surface area (TPSA) is 120 Å². The Morgan fingerprint density at radius 2 is 1.79 bits per heavy atom. The summed E-state index contributed by atoms with van der Waals surface area (Å²) >= 11 is 0. The highest BCUT2D eigenvalue weighted by Gasteiger charge is 2.28. The van der Waals surface area contributed by atoms with Gasteiger partial charge in [-0.15, -0.1) is 5.10 Å². The molecule has 8 heteroatoms. The van der Waals surface area contributed by atoms with E-state index in [1.807, 2.05) is 31.2 Å². The van der Waals surface area contributed by atoms with Crippen LogP contribution in [-0.2, 0) is 0 Å². The molecule has 150 valence electrons. The van der Waals surface area contributed by atoms with Gasteiger partial charge in [0.05, 0.1) is 22.8 Å². The van der Waals surface area contributed by atoms with Gasteiger partial charge in [-0.1, -0.05) is 26.0 Å². The van der Waals surface area contributed by atoms with Crippen molar-refractivity contribution in [3.8, 4) is 11.4 Å². The van der Waals surface area contributed by atoms with E-state index in [-0.39, 0.29) is 18.0 Å². The predicted octanol–water partition coefficient (Wildman–Crippen LogP) is 3.57. The Morgan fingerprint density at radius 1 is 1.07 bits per heavy atom. The molecule has 0 aliphatic carbocycles. The van der Waals surface area contributed by atoms with Crippen LogP contribution in [-0.4, -0.2) is 32.3 Å². The number of rotatable bonds is 7. The molecule has 0 bridgehead atoms. The van der Waals surface area contributed by atoms with E-state index < -0.39 is 0 Å². The maximum Gasteiger partial charge on any atom is 0.205 e. The molecule has 2 heterocycles. The lowest BCUT2D eigenvalue weighted by Gasteiger charge is -2.25. The van der Waals surface area contributed by atoms with Gasteiger partial charge >= 0.3 is 0 Å². The van der Waals surface area contributed by atoms with Crippen molar-refractivity contribution in [3.05, 3.63) is 30.0 Å². The monoisotopic (exact) mass is 382 g/mol. The maximum absolute atomic E-state index is 6.12. The average molecular weight is 383 g/mol. The van der Waals surface area contributed by atoms with Crippen LogP contribution in [0.1, 0.15) is 52.3 Å². The van der Waals surface area contributed by atoms with Crippen molar-refractivity contribution in [2.75, 3.05) is 22.9 Å². The summed E-state index contributed by atoms with van der Waals surface area (Å²) in [6.07, 6.45) is 0. The van der Waals surface area contributed by atoms with Crippen LogP contribution in [0, 0.1) is 0 Å². The summed E-state index contributed by atoms with van der Waals surface area (Å²) in [6, 6.07) is 7.77. The number of nitrogens with two attached hydrogens (primary N) is 2. The highest BCUT2D eigenvalue weighted by molar-refractivity contribution is 5.81. The van der Waals surface area contributed by atoms with Crippen LogP contribution in [0.15, 0.2) is 24.3 Å². The number of aromatic nitrogens is 4. The lowest BCUT2D eigenvalue weighted by molar-refractivity contribution is 0.591. The summed E-state index contributed by atoms with van der Waals surface area (Å²) in [5.41, 5.74) is 16.2. The Bertz CT molecular complexity index is 913. The van der Waals surface area contributed by atoms with Crippen LogP contribution in [0.2, 0.25) is 0 Å². The second-order valence-electron chi connectivity index (χ2n) is 7.76. The highest BCUT2D eigenvalue weighted by Crippen LogP contribution is 2.38. The SMILES string of the molecule is CC(N)CNc1nc(Nc2ccccc2N)c2nnc(C(C)C)c-2n1C(C)C. The molecule has 6 N–H and O–H groups in total. The number of para-hydroxylation sites is 2. The fraction of sp³-hybridized carbons (Fsp3) is 0.450. The Kier molecular flexibility index (Phi) is 5.69. The van der Waals surface area contributed by atoms with Crippen molar-refractivity contribution < 1.29 is 0 Å². The molecule has 2 aliphatic rings. The predicted molar refractivity (Wildman–Crippen MR) is 115 cm³/mol. The molecule has 0 radical (unpaired) electrons. The Labute approximate surface area is 166 Å². The van der Waals surface area contributed by atoms with Crippen molar-refractivity contribution in [3.63, 3.8) is 0 Å². The second-order valence-corrected chi connectivity index (χ2v) is 7.76. The fourth-order valence-corrected chi connectivity index (χ4v) is 3.13. The number of nitrogen functional groups attached to an aromatic ring is 1. The van der Waals surface area contributed by atoms with Gasteiger partial charge in [-0.05, 0) is 38.8 Å². The van der Waals surface area contributed by atoms with Crippen LogP contribution in [0.25, 0.3) is 11.4 Å². The number of fused-ring (bicyclic) bond motifs is 1. The molecule has 2 aliphatic heterocycles. The average Bonchev–Trinajstić information content (AvgIpc) is 3.06. The van der Waals surface area contributed by atoms with E-state index in [0.717, 1.165) is 28.7 Å². The number of benzene rings is 1. The molecule has 1 unspecified atom stereocenters. The minimum atomic E-state index is -0.000215. The zero-order valence-corrected chi connectivity index (χ0v) is 17.2. The third-order valence-corrected chi connectivity index (χ3v) is 4.50. The van der Waals surface area contributed by atoms with Crippen molar-refractivity contribution in [2.24, 2.45) is 5.73 Å². The minimum absolute atomic E-state index is 0.000215. The summed E-state index contributed by atoms with van der Waals surface area (Å²) in [6.45, 7) is 11.0. The van der Waals surface area contributed by atoms with Gasteiger partial charge in [0.1, 0.15) is 0 Å². The van der Waals surface area contributed by atoms with Gasteiger partial charge in [0, 0.05) is 18.6 Å². The summed E-state index contributed by atoms with van der Waals surface area (Å²) < 4.78 is 2.15. The van der Waals surface area contributed by atoms with E-state index in [1.165, 1.54) is 0 Å². The molecule has 1 aromatic carbocycles. The summed E-state index contributed by atoms with van der Waals surface area (Å²) in [5, 5.41) is 15.6. The molecule has 3 rings (SSSR count). The maximum atomic E-state index is 6.12. The third kappa shape index (κ3) is 3.87. The van der Waals surface area contributed by atoms with E-state index in [4.69, 9.17) is 16.5 Å². The first-order chi connectivity index (χ1) is 13.3. The second kappa shape index (κ2) is 8.02. The number of anilines is 4. The normalized spacial score (nSPS) is 12.7. The Morgan fingerprint density at radius 3 is 2.39 bits per heavy atom. The van der Waals surface area contributed by atoms with Crippen LogP contribution >= 0.6 is 0 Å². The first-order valence-electron chi connectivity index (χ1n) is 9.69. The first-order valence-corrected chi connectivity index (χ1v) is 9.69. The molecule has 0 saturated heterocycles. The molecule has 1 atom stereocenters. The van der Waals surface area contributed by atoms with Gasteiger partial charge in [-0.2, -0.15) is 10.1 Å². The van der Waals surface area contributed by atoms with Crippen LogP contribution in [0.3, 0.4) is 0 Å². The number of hydrogen-bond donors (Lipinski definition) is 4. The van der Waals surface area contributed by atoms with Crippen molar-refractivity contribution >= 4 is 23.1 Å². The number of nitrogens with zero attached hydrogens (tertiary/aromatic N) is 4. The van der Waals surface area contributed by atoms with E-state index >= 15 is 0 Å². The molecule has 0 spiro atoms. The molecule has 0 aromatic heterocycles. The van der Waals surface area contributed by atoms with Gasteiger partial charge < -0.3 is 26.7 Å². The van der Waals surface area contributed by atoms with E-state index in [9.17, 15) is 0 Å². The minimum Gasteiger partial charge on any atom is -0.397 e. The van der Waals surface area contributed by atoms with Gasteiger partial charge in [0.25, 0.3) is 0 Å². The molecule has 0 amide bonds. The lowest BCUT2D eigenvalue weighted by Crippen LogP contribution is -2.28. The van der Waals surface area contributed by atoms with Gasteiger partial charge in [0.2, 0.25) is 5.95 Å². The van der Waals surface area contributed by atoms with Crippen LogP contribution in [0.5, 0.6) is 0 Å². The number of hydrogen-bond acceptors (Lipinski definition) is 7. The smallest absolute Gasteiger partial charge is 0.205 e. The first kappa shape index (κ1) is 19.9. The number of nitrogens with one attached hydrogen (secondary N) is 2. The summed E-state index contributed by atoms with van der Waals surface area (Å²) in [7, 11) is 0. The molecule has 1 aromatic rings. The summed E-state index contributed by atoms with van der Waals surface area (Å²) in [4.78, 5) is 4.83. The highest BCUT2D eigenvalue weighted by atomic mass is 15.3. The standard InChI is InChI=1S/C20H30N8/c1-11(2)16-18-17(27-26-16)19(24-15-9-7-6-8-14(15)22)25-20(23-10-13(5)21)28(18)12(3)4/h6-9,11-13,24H,10,21-22H2,1-5H3,(H,23,25).